The molecule has 1 amide bonds. The molecule has 0 heterocycles. The molecular weight excluding hydrogens is 256 g/mol. The molecule has 5 nitrogen and oxygen atoms in total. The fraction of sp³-hybridized carbons (Fsp3) is 0.467. The number of ether oxygens (including phenoxy) is 1. The number of hydrogen-bond acceptors (Lipinski definition) is 4. The highest BCUT2D eigenvalue weighted by Gasteiger charge is 2.21. The van der Waals surface area contributed by atoms with Gasteiger partial charge in [0, 0.05) is 11.7 Å². The van der Waals surface area contributed by atoms with E-state index in [-0.39, 0.29) is 17.5 Å². The van der Waals surface area contributed by atoms with Gasteiger partial charge >= 0.3 is 5.97 Å². The van der Waals surface area contributed by atoms with Crippen molar-refractivity contribution < 1.29 is 14.3 Å². The Bertz CT molecular complexity index is 474. The van der Waals surface area contributed by atoms with E-state index in [9.17, 15) is 9.59 Å². The van der Waals surface area contributed by atoms with E-state index in [4.69, 9.17) is 10.5 Å². The van der Waals surface area contributed by atoms with Gasteiger partial charge in [0.2, 0.25) is 0 Å². The Hall–Kier alpha value is -2.04. The number of carbonyl (C=O) groups excluding carboxylic acids is 2. The number of esters is 1. The second kappa shape index (κ2) is 7.53. The van der Waals surface area contributed by atoms with Gasteiger partial charge in [0.15, 0.2) is 6.10 Å². The number of para-hydroxylation sites is 1. The molecule has 0 spiro atoms. The molecule has 2 atom stereocenters. The van der Waals surface area contributed by atoms with Crippen molar-refractivity contribution in [1.29, 1.82) is 0 Å². The minimum Gasteiger partial charge on any atom is -0.449 e. The van der Waals surface area contributed by atoms with E-state index in [1.54, 1.807) is 31.2 Å². The maximum Gasteiger partial charge on any atom is 0.341 e. The van der Waals surface area contributed by atoms with Crippen molar-refractivity contribution in [3.05, 3.63) is 29.8 Å². The number of nitrogens with two attached hydrogens (primary N) is 1. The third kappa shape index (κ3) is 4.57. The molecule has 0 aromatic heterocycles. The molecule has 0 fully saturated rings. The van der Waals surface area contributed by atoms with E-state index in [1.807, 2.05) is 13.8 Å². The highest BCUT2D eigenvalue weighted by atomic mass is 16.5. The molecule has 5 heteroatoms. The lowest BCUT2D eigenvalue weighted by Crippen LogP contribution is -2.40. The van der Waals surface area contributed by atoms with Crippen molar-refractivity contribution >= 4 is 17.6 Å². The van der Waals surface area contributed by atoms with Gasteiger partial charge in [0.05, 0.1) is 5.56 Å². The number of hydrogen-bond donors (Lipinski definition) is 2. The number of amides is 1. The maximum atomic E-state index is 11.9. The molecule has 20 heavy (non-hydrogen) atoms. The minimum atomic E-state index is -0.846. The number of nitrogens with one attached hydrogen (secondary N) is 1. The molecule has 1 aromatic rings. The molecule has 0 radical (unpaired) electrons. The molecule has 3 N–H and O–H groups in total. The highest BCUT2D eigenvalue weighted by molar-refractivity contribution is 5.96. The van der Waals surface area contributed by atoms with Crippen LogP contribution in [0.4, 0.5) is 5.69 Å². The quantitative estimate of drug-likeness (QED) is 0.617. The zero-order valence-corrected chi connectivity index (χ0v) is 12.2. The van der Waals surface area contributed by atoms with Gasteiger partial charge < -0.3 is 15.8 Å². The lowest BCUT2D eigenvalue weighted by molar-refractivity contribution is -0.129. The second-order valence-electron chi connectivity index (χ2n) is 4.83. The van der Waals surface area contributed by atoms with Gasteiger partial charge in [-0.1, -0.05) is 25.5 Å². The lowest BCUT2D eigenvalue weighted by Gasteiger charge is -2.17. The van der Waals surface area contributed by atoms with Crippen LogP contribution in [0.15, 0.2) is 24.3 Å². The molecule has 0 aliphatic heterocycles. The Morgan fingerprint density at radius 2 is 1.95 bits per heavy atom. The smallest absolute Gasteiger partial charge is 0.341 e. The van der Waals surface area contributed by atoms with Crippen molar-refractivity contribution in [3.63, 3.8) is 0 Å². The average molecular weight is 278 g/mol. The van der Waals surface area contributed by atoms with Gasteiger partial charge in [-0.15, -0.1) is 0 Å². The normalized spacial score (nSPS) is 13.3. The number of rotatable bonds is 6. The highest BCUT2D eigenvalue weighted by Crippen LogP contribution is 2.13. The van der Waals surface area contributed by atoms with Crippen LogP contribution in [0.3, 0.4) is 0 Å². The molecule has 0 aliphatic carbocycles. The lowest BCUT2D eigenvalue weighted by atomic mass is 10.2. The van der Waals surface area contributed by atoms with Crippen LogP contribution in [0.25, 0.3) is 0 Å². The van der Waals surface area contributed by atoms with E-state index in [0.29, 0.717) is 5.69 Å². The largest absolute Gasteiger partial charge is 0.449 e. The van der Waals surface area contributed by atoms with Gasteiger partial charge in [-0.05, 0) is 32.4 Å². The Morgan fingerprint density at radius 1 is 1.30 bits per heavy atom. The van der Waals surface area contributed by atoms with Crippen molar-refractivity contribution in [2.45, 2.75) is 45.8 Å². The Morgan fingerprint density at radius 3 is 2.55 bits per heavy atom. The van der Waals surface area contributed by atoms with Crippen molar-refractivity contribution in [2.75, 3.05) is 5.73 Å². The van der Waals surface area contributed by atoms with E-state index < -0.39 is 12.1 Å². The molecule has 0 saturated heterocycles. The van der Waals surface area contributed by atoms with Crippen LogP contribution < -0.4 is 11.1 Å². The first kappa shape index (κ1) is 16.0. The molecule has 2 unspecified atom stereocenters. The standard InChI is InChI=1S/C15H22N2O3/c1-4-7-10(2)17-14(18)11(3)20-15(19)12-8-5-6-9-13(12)16/h5-6,8-11H,4,7,16H2,1-3H3,(H,17,18). The Balaban J connectivity index is 2.57. The van der Waals surface area contributed by atoms with E-state index in [0.717, 1.165) is 12.8 Å². The third-order valence-corrected chi connectivity index (χ3v) is 2.94. The molecular formula is C15H22N2O3. The average Bonchev–Trinajstić information content (AvgIpc) is 2.39. The van der Waals surface area contributed by atoms with Crippen LogP contribution in [0.2, 0.25) is 0 Å². The summed E-state index contributed by atoms with van der Waals surface area (Å²) >= 11 is 0. The maximum absolute atomic E-state index is 11.9. The summed E-state index contributed by atoms with van der Waals surface area (Å²) < 4.78 is 5.13. The minimum absolute atomic E-state index is 0.0652. The van der Waals surface area contributed by atoms with E-state index >= 15 is 0 Å². The Labute approximate surface area is 119 Å². The number of nitrogen functional groups attached to an aromatic ring is 1. The predicted octanol–water partition coefficient (Wildman–Crippen LogP) is 2.12. The summed E-state index contributed by atoms with van der Waals surface area (Å²) in [4.78, 5) is 23.8. The number of benzene rings is 1. The van der Waals surface area contributed by atoms with Gasteiger partial charge in [-0.25, -0.2) is 4.79 Å². The van der Waals surface area contributed by atoms with Crippen LogP contribution in [0.5, 0.6) is 0 Å². The van der Waals surface area contributed by atoms with Gasteiger partial charge in [0.1, 0.15) is 0 Å². The topological polar surface area (TPSA) is 81.4 Å². The molecule has 1 rings (SSSR count). The number of carbonyl (C=O) groups is 2. The van der Waals surface area contributed by atoms with Crippen LogP contribution in [-0.4, -0.2) is 24.0 Å². The van der Waals surface area contributed by atoms with Gasteiger partial charge in [-0.3, -0.25) is 4.79 Å². The molecule has 1 aromatic carbocycles. The summed E-state index contributed by atoms with van der Waals surface area (Å²) in [7, 11) is 0. The fourth-order valence-corrected chi connectivity index (χ4v) is 1.83. The summed E-state index contributed by atoms with van der Waals surface area (Å²) in [6.07, 6.45) is 1.02. The summed E-state index contributed by atoms with van der Waals surface area (Å²) in [5.74, 6) is -0.886. The van der Waals surface area contributed by atoms with Crippen LogP contribution in [0, 0.1) is 0 Å². The van der Waals surface area contributed by atoms with Crippen molar-refractivity contribution in [2.24, 2.45) is 0 Å². The summed E-state index contributed by atoms with van der Waals surface area (Å²) in [6, 6.07) is 6.68. The van der Waals surface area contributed by atoms with Gasteiger partial charge in [0.25, 0.3) is 5.91 Å². The van der Waals surface area contributed by atoms with Crippen molar-refractivity contribution in [3.8, 4) is 0 Å². The zero-order chi connectivity index (χ0) is 15.1. The Kier molecular flexibility index (Phi) is 6.03. The SMILES string of the molecule is CCCC(C)NC(=O)C(C)OC(=O)c1ccccc1N. The van der Waals surface area contributed by atoms with Crippen molar-refractivity contribution in [1.82, 2.24) is 5.32 Å². The van der Waals surface area contributed by atoms with Gasteiger partial charge in [-0.2, -0.15) is 0 Å². The summed E-state index contributed by atoms with van der Waals surface area (Å²) in [5, 5.41) is 2.80. The number of anilines is 1. The molecule has 110 valence electrons. The summed E-state index contributed by atoms with van der Waals surface area (Å²) in [6.45, 7) is 5.51. The first-order valence-corrected chi connectivity index (χ1v) is 6.81. The van der Waals surface area contributed by atoms with E-state index in [2.05, 4.69) is 5.32 Å². The zero-order valence-electron chi connectivity index (χ0n) is 12.2. The first-order chi connectivity index (χ1) is 9.45. The fourth-order valence-electron chi connectivity index (χ4n) is 1.83. The monoisotopic (exact) mass is 278 g/mol. The third-order valence-electron chi connectivity index (χ3n) is 2.94. The van der Waals surface area contributed by atoms with Crippen LogP contribution >= 0.6 is 0 Å². The molecule has 0 aliphatic rings. The van der Waals surface area contributed by atoms with Crippen LogP contribution in [-0.2, 0) is 9.53 Å². The molecule has 0 bridgehead atoms. The predicted molar refractivity (Wildman–Crippen MR) is 78.2 cm³/mol. The first-order valence-electron chi connectivity index (χ1n) is 6.81. The van der Waals surface area contributed by atoms with E-state index in [1.165, 1.54) is 0 Å². The molecule has 0 saturated carbocycles. The second-order valence-corrected chi connectivity index (χ2v) is 4.83. The summed E-state index contributed by atoms with van der Waals surface area (Å²) in [5.41, 5.74) is 6.30. The van der Waals surface area contributed by atoms with Crippen LogP contribution in [0.1, 0.15) is 44.0 Å².